The van der Waals surface area contributed by atoms with Crippen LogP contribution in [0.2, 0.25) is 0 Å². The van der Waals surface area contributed by atoms with Gasteiger partial charge in [-0.3, -0.25) is 14.4 Å². The molecule has 3 aromatic rings. The molecule has 3 rings (SSSR count). The summed E-state index contributed by atoms with van der Waals surface area (Å²) in [5, 5.41) is 9.85. The number of carbonyl (C=O) groups is 2. The third-order valence-corrected chi connectivity index (χ3v) is 8.38. The summed E-state index contributed by atoms with van der Waals surface area (Å²) in [5.74, 6) is -3.48. The zero-order valence-corrected chi connectivity index (χ0v) is 27.9. The number of halogens is 2. The summed E-state index contributed by atoms with van der Waals surface area (Å²) in [6.45, 7) is 11.4. The van der Waals surface area contributed by atoms with E-state index in [4.69, 9.17) is 4.74 Å². The number of hydrogen-bond acceptors (Lipinski definition) is 5. The average Bonchev–Trinajstić information content (AvgIpc) is 2.95. The SMILES string of the molecule is COc1cc(C)c(-c2cc(C)c(F)c([C@H](CC(=O)O)CC(=O)C(CC(C)C)n3cc(CCN(C)C)c(C)c(F)c3=O)c2)c(C)c1. The molecule has 0 fully saturated rings. The Morgan fingerprint density at radius 1 is 0.956 bits per heavy atom. The van der Waals surface area contributed by atoms with Crippen molar-refractivity contribution in [2.45, 2.75) is 79.2 Å². The normalized spacial score (nSPS) is 12.9. The molecular weight excluding hydrogens is 578 g/mol. The Morgan fingerprint density at radius 3 is 2.11 bits per heavy atom. The van der Waals surface area contributed by atoms with Gasteiger partial charge in [-0.15, -0.1) is 0 Å². The third-order valence-electron chi connectivity index (χ3n) is 8.38. The average molecular weight is 625 g/mol. The Labute approximate surface area is 264 Å². The first-order valence-electron chi connectivity index (χ1n) is 15.3. The number of carbonyl (C=O) groups excluding carboxylic acids is 1. The van der Waals surface area contributed by atoms with Crippen molar-refractivity contribution in [1.29, 1.82) is 0 Å². The van der Waals surface area contributed by atoms with Crippen molar-refractivity contribution in [3.63, 3.8) is 0 Å². The van der Waals surface area contributed by atoms with Crippen LogP contribution in [0.25, 0.3) is 11.1 Å². The molecule has 2 atom stereocenters. The maximum Gasteiger partial charge on any atom is 0.303 e. The van der Waals surface area contributed by atoms with Gasteiger partial charge in [0.05, 0.1) is 19.6 Å². The summed E-state index contributed by atoms with van der Waals surface area (Å²) in [7, 11) is 5.36. The van der Waals surface area contributed by atoms with Gasteiger partial charge >= 0.3 is 5.97 Å². The summed E-state index contributed by atoms with van der Waals surface area (Å²) >= 11 is 0. The minimum atomic E-state index is -1.18. The van der Waals surface area contributed by atoms with Crippen molar-refractivity contribution in [3.05, 3.63) is 85.8 Å². The molecule has 0 aliphatic rings. The first-order chi connectivity index (χ1) is 21.0. The molecule has 45 heavy (non-hydrogen) atoms. The van der Waals surface area contributed by atoms with Gasteiger partial charge in [0.25, 0.3) is 5.56 Å². The molecule has 1 aromatic heterocycles. The Hall–Kier alpha value is -3.85. The van der Waals surface area contributed by atoms with E-state index in [2.05, 4.69) is 0 Å². The van der Waals surface area contributed by atoms with E-state index >= 15 is 8.78 Å². The van der Waals surface area contributed by atoms with Crippen LogP contribution in [0.4, 0.5) is 8.78 Å². The van der Waals surface area contributed by atoms with E-state index in [1.807, 2.05) is 58.8 Å². The lowest BCUT2D eigenvalue weighted by atomic mass is 9.83. The molecule has 0 bridgehead atoms. The monoisotopic (exact) mass is 624 g/mol. The minimum Gasteiger partial charge on any atom is -0.497 e. The first kappa shape index (κ1) is 35.6. The number of aromatic nitrogens is 1. The molecule has 0 aliphatic carbocycles. The van der Waals surface area contributed by atoms with Gasteiger partial charge < -0.3 is 19.3 Å². The number of Topliss-reactive ketones (excluding diaryl/α,β-unsaturated/α-hetero) is 1. The number of pyridine rings is 1. The Balaban J connectivity index is 2.14. The van der Waals surface area contributed by atoms with Crippen LogP contribution in [0.3, 0.4) is 0 Å². The molecule has 2 aromatic carbocycles. The molecule has 1 N–H and O–H groups in total. The third kappa shape index (κ3) is 8.45. The number of aryl methyl sites for hydroxylation is 3. The van der Waals surface area contributed by atoms with Crippen LogP contribution < -0.4 is 10.3 Å². The number of nitrogens with zero attached hydrogens (tertiary/aromatic N) is 2. The Morgan fingerprint density at radius 2 is 1.58 bits per heavy atom. The summed E-state index contributed by atoms with van der Waals surface area (Å²) in [5.41, 5.74) is 3.77. The van der Waals surface area contributed by atoms with Gasteiger partial charge in [0, 0.05) is 25.1 Å². The number of carboxylic acid groups (broad SMARTS) is 1. The van der Waals surface area contributed by atoms with Gasteiger partial charge in [0.15, 0.2) is 11.6 Å². The van der Waals surface area contributed by atoms with E-state index in [0.29, 0.717) is 35.4 Å². The van der Waals surface area contributed by atoms with Crippen LogP contribution in [0.15, 0.2) is 35.3 Å². The number of benzene rings is 2. The fourth-order valence-corrected chi connectivity index (χ4v) is 6.03. The zero-order chi connectivity index (χ0) is 33.7. The Bertz CT molecular complexity index is 1600. The fraction of sp³-hybridized carbons (Fsp3) is 0.472. The standard InChI is InChI=1S/C36H46F2N2O5/c1-20(2)12-30(40-19-25(10-11-39(7)8)24(6)35(38)36(40)44)31(41)17-26(18-32(42)43)29-16-27(13-23(5)34(29)37)33-21(3)14-28(45-9)15-22(33)4/h13-16,19-20,26,30H,10-12,17-18H2,1-9H3,(H,42,43)/t26-,30?/m0/s1. The zero-order valence-electron chi connectivity index (χ0n) is 27.9. The fourth-order valence-electron chi connectivity index (χ4n) is 6.03. The molecule has 1 unspecified atom stereocenters. The number of ether oxygens (including phenoxy) is 1. The van der Waals surface area contributed by atoms with Gasteiger partial charge in [-0.05, 0) is 129 Å². The number of aliphatic carboxylic acids is 1. The quantitative estimate of drug-likeness (QED) is 0.209. The van der Waals surface area contributed by atoms with E-state index in [9.17, 15) is 19.5 Å². The van der Waals surface area contributed by atoms with E-state index < -0.39 is 47.3 Å². The van der Waals surface area contributed by atoms with Gasteiger partial charge in [-0.2, -0.15) is 0 Å². The second kappa shape index (κ2) is 15.0. The lowest BCUT2D eigenvalue weighted by Gasteiger charge is -2.25. The van der Waals surface area contributed by atoms with Crippen molar-refractivity contribution < 1.29 is 28.2 Å². The summed E-state index contributed by atoms with van der Waals surface area (Å²) in [6.07, 6.45) is 1.44. The maximum absolute atomic E-state index is 15.8. The van der Waals surface area contributed by atoms with E-state index in [0.717, 1.165) is 21.3 Å². The highest BCUT2D eigenvalue weighted by molar-refractivity contribution is 5.84. The first-order valence-corrected chi connectivity index (χ1v) is 15.3. The summed E-state index contributed by atoms with van der Waals surface area (Å²) in [6, 6.07) is 6.05. The summed E-state index contributed by atoms with van der Waals surface area (Å²) in [4.78, 5) is 41.3. The van der Waals surface area contributed by atoms with Crippen molar-refractivity contribution in [2.75, 3.05) is 27.7 Å². The summed E-state index contributed by atoms with van der Waals surface area (Å²) < 4.78 is 37.6. The Kier molecular flexibility index (Phi) is 11.8. The molecule has 0 aliphatic heterocycles. The largest absolute Gasteiger partial charge is 0.497 e. The van der Waals surface area contributed by atoms with E-state index in [1.165, 1.54) is 0 Å². The van der Waals surface area contributed by atoms with Gasteiger partial charge in [-0.25, -0.2) is 8.78 Å². The van der Waals surface area contributed by atoms with Crippen LogP contribution >= 0.6 is 0 Å². The lowest BCUT2D eigenvalue weighted by molar-refractivity contribution is -0.137. The molecule has 0 radical (unpaired) electrons. The number of rotatable bonds is 14. The second-order valence-corrected chi connectivity index (χ2v) is 12.8. The molecule has 7 nitrogen and oxygen atoms in total. The molecule has 0 spiro atoms. The smallest absolute Gasteiger partial charge is 0.303 e. The van der Waals surface area contributed by atoms with Crippen molar-refractivity contribution >= 4 is 11.8 Å². The molecule has 9 heteroatoms. The number of carboxylic acids is 1. The predicted octanol–water partition coefficient (Wildman–Crippen LogP) is 6.94. The van der Waals surface area contributed by atoms with Crippen LogP contribution in [-0.4, -0.2) is 54.1 Å². The van der Waals surface area contributed by atoms with E-state index in [-0.39, 0.29) is 29.9 Å². The van der Waals surface area contributed by atoms with Crippen molar-refractivity contribution in [3.8, 4) is 16.9 Å². The van der Waals surface area contributed by atoms with Crippen LogP contribution in [-0.2, 0) is 16.0 Å². The van der Waals surface area contributed by atoms with Gasteiger partial charge in [-0.1, -0.05) is 13.8 Å². The number of methoxy groups -OCH3 is 1. The maximum atomic E-state index is 15.8. The molecular formula is C36H46F2N2O5. The van der Waals surface area contributed by atoms with Crippen molar-refractivity contribution in [2.24, 2.45) is 5.92 Å². The van der Waals surface area contributed by atoms with Gasteiger partial charge in [0.2, 0.25) is 0 Å². The molecule has 0 amide bonds. The second-order valence-electron chi connectivity index (χ2n) is 12.8. The van der Waals surface area contributed by atoms with Crippen molar-refractivity contribution in [1.82, 2.24) is 9.47 Å². The highest BCUT2D eigenvalue weighted by atomic mass is 19.1. The van der Waals surface area contributed by atoms with Crippen LogP contribution in [0.5, 0.6) is 5.75 Å². The highest BCUT2D eigenvalue weighted by Crippen LogP contribution is 2.37. The number of likely N-dealkylation sites (N-methyl/N-ethyl adjacent to an activating group) is 1. The van der Waals surface area contributed by atoms with E-state index in [1.54, 1.807) is 39.3 Å². The highest BCUT2D eigenvalue weighted by Gasteiger charge is 2.31. The molecule has 1 heterocycles. The van der Waals surface area contributed by atoms with Crippen LogP contribution in [0, 0.1) is 45.2 Å². The number of ketones is 1. The molecule has 0 saturated heterocycles. The number of hydrogen-bond donors (Lipinski definition) is 1. The lowest BCUT2D eigenvalue weighted by Crippen LogP contribution is -2.34. The molecule has 0 saturated carbocycles. The topological polar surface area (TPSA) is 88.8 Å². The predicted molar refractivity (Wildman–Crippen MR) is 173 cm³/mol. The van der Waals surface area contributed by atoms with Gasteiger partial charge in [0.1, 0.15) is 11.6 Å². The van der Waals surface area contributed by atoms with Crippen LogP contribution in [0.1, 0.15) is 78.5 Å². The molecule has 244 valence electrons. The minimum absolute atomic E-state index is 0.0401.